The van der Waals surface area contributed by atoms with Crippen LogP contribution < -0.4 is 10.6 Å². The molecule has 0 aliphatic carbocycles. The Morgan fingerprint density at radius 2 is 1.72 bits per heavy atom. The molecule has 2 rings (SSSR count). The van der Waals surface area contributed by atoms with Crippen LogP contribution in [0.4, 0.5) is 0 Å². The van der Waals surface area contributed by atoms with Gasteiger partial charge < -0.3 is 15.5 Å². The van der Waals surface area contributed by atoms with Crippen molar-refractivity contribution in [1.82, 2.24) is 20.4 Å². The molecule has 25 heavy (non-hydrogen) atoms. The molecule has 1 aliphatic rings. The summed E-state index contributed by atoms with van der Waals surface area (Å²) < 4.78 is 0. The van der Waals surface area contributed by atoms with Gasteiger partial charge in [0.2, 0.25) is 11.8 Å². The third-order valence-corrected chi connectivity index (χ3v) is 4.37. The lowest BCUT2D eigenvalue weighted by Gasteiger charge is -2.37. The minimum atomic E-state index is -0.303. The largest absolute Gasteiger partial charge is 0.354 e. The van der Waals surface area contributed by atoms with Crippen molar-refractivity contribution in [3.63, 3.8) is 0 Å². The summed E-state index contributed by atoms with van der Waals surface area (Å²) in [6.45, 7) is 7.83. The predicted molar refractivity (Wildman–Crippen MR) is 99.2 cm³/mol. The van der Waals surface area contributed by atoms with Gasteiger partial charge in [0.05, 0.1) is 0 Å². The highest BCUT2D eigenvalue weighted by Gasteiger charge is 2.29. The van der Waals surface area contributed by atoms with Gasteiger partial charge in [0.1, 0.15) is 6.04 Å². The van der Waals surface area contributed by atoms with Crippen molar-refractivity contribution in [2.75, 3.05) is 39.8 Å². The summed E-state index contributed by atoms with van der Waals surface area (Å²) in [7, 11) is 2.10. The van der Waals surface area contributed by atoms with E-state index in [-0.39, 0.29) is 23.9 Å². The summed E-state index contributed by atoms with van der Waals surface area (Å²) in [4.78, 5) is 29.1. The number of amides is 2. The zero-order chi connectivity index (χ0) is 18.2. The lowest BCUT2D eigenvalue weighted by Crippen LogP contribution is -2.50. The van der Waals surface area contributed by atoms with Gasteiger partial charge in [0.15, 0.2) is 0 Å². The Hall–Kier alpha value is -1.92. The lowest BCUT2D eigenvalue weighted by molar-refractivity contribution is -0.127. The molecule has 2 N–H and O–H groups in total. The number of nitrogens with one attached hydrogen (secondary N) is 2. The average molecular weight is 346 g/mol. The highest BCUT2D eigenvalue weighted by Crippen LogP contribution is 2.22. The van der Waals surface area contributed by atoms with Crippen LogP contribution in [0.25, 0.3) is 0 Å². The molecule has 1 aromatic rings. The number of carbonyl (C=O) groups excluding carboxylic acids is 2. The van der Waals surface area contributed by atoms with Crippen LogP contribution in [0, 0.1) is 0 Å². The van der Waals surface area contributed by atoms with Crippen LogP contribution in [0.3, 0.4) is 0 Å². The summed E-state index contributed by atoms with van der Waals surface area (Å²) >= 11 is 0. The Kier molecular flexibility index (Phi) is 7.40. The van der Waals surface area contributed by atoms with Gasteiger partial charge in [0.25, 0.3) is 0 Å². The second-order valence-electron chi connectivity index (χ2n) is 6.92. The van der Waals surface area contributed by atoms with Gasteiger partial charge in [-0.25, -0.2) is 0 Å². The first-order chi connectivity index (χ1) is 12.0. The molecule has 0 radical (unpaired) electrons. The van der Waals surface area contributed by atoms with E-state index in [9.17, 15) is 9.59 Å². The van der Waals surface area contributed by atoms with Crippen molar-refractivity contribution >= 4 is 11.8 Å². The maximum Gasteiger partial charge on any atom is 0.241 e. The SMILES string of the molecule is CC(C)NC(=O)CCNC(=O)C(c1ccccc1)N1CCN(C)CC1. The van der Waals surface area contributed by atoms with E-state index in [0.29, 0.717) is 13.0 Å². The minimum Gasteiger partial charge on any atom is -0.354 e. The first-order valence-corrected chi connectivity index (χ1v) is 9.02. The number of hydrogen-bond donors (Lipinski definition) is 2. The number of rotatable bonds is 7. The molecule has 1 aromatic carbocycles. The fourth-order valence-corrected chi connectivity index (χ4v) is 3.03. The Labute approximate surface area is 150 Å². The fraction of sp³-hybridized carbons (Fsp3) is 0.579. The number of piperazine rings is 1. The molecule has 2 amide bonds. The first-order valence-electron chi connectivity index (χ1n) is 9.02. The van der Waals surface area contributed by atoms with Crippen LogP contribution >= 0.6 is 0 Å². The van der Waals surface area contributed by atoms with Crippen molar-refractivity contribution < 1.29 is 9.59 Å². The summed E-state index contributed by atoms with van der Waals surface area (Å²) in [6.07, 6.45) is 0.300. The molecule has 1 atom stereocenters. The molecule has 1 fully saturated rings. The van der Waals surface area contributed by atoms with Crippen molar-refractivity contribution in [3.8, 4) is 0 Å². The Bertz CT molecular complexity index is 554. The van der Waals surface area contributed by atoms with Gasteiger partial charge in [-0.1, -0.05) is 30.3 Å². The zero-order valence-corrected chi connectivity index (χ0v) is 15.5. The Morgan fingerprint density at radius 3 is 2.32 bits per heavy atom. The quantitative estimate of drug-likeness (QED) is 0.773. The van der Waals surface area contributed by atoms with Crippen LogP contribution in [0.2, 0.25) is 0 Å². The smallest absolute Gasteiger partial charge is 0.241 e. The standard InChI is InChI=1S/C19H30N4O2/c1-15(2)21-17(24)9-10-20-19(25)18(16-7-5-4-6-8-16)23-13-11-22(3)12-14-23/h4-8,15,18H,9-14H2,1-3H3,(H,20,25)(H,21,24). The second-order valence-corrected chi connectivity index (χ2v) is 6.92. The summed E-state index contributed by atoms with van der Waals surface area (Å²) in [5.41, 5.74) is 0.996. The molecule has 6 nitrogen and oxygen atoms in total. The molecular weight excluding hydrogens is 316 g/mol. The fourth-order valence-electron chi connectivity index (χ4n) is 3.03. The van der Waals surface area contributed by atoms with E-state index in [1.54, 1.807) is 0 Å². The number of hydrogen-bond acceptors (Lipinski definition) is 4. The van der Waals surface area contributed by atoms with Gasteiger partial charge in [-0.3, -0.25) is 14.5 Å². The third-order valence-electron chi connectivity index (χ3n) is 4.37. The Morgan fingerprint density at radius 1 is 1.08 bits per heavy atom. The molecule has 0 aromatic heterocycles. The minimum absolute atomic E-state index is 0.0342. The highest BCUT2D eigenvalue weighted by atomic mass is 16.2. The van der Waals surface area contributed by atoms with Gasteiger partial charge in [-0.05, 0) is 26.5 Å². The van der Waals surface area contributed by atoms with E-state index in [1.165, 1.54) is 0 Å². The van der Waals surface area contributed by atoms with Gasteiger partial charge in [-0.2, -0.15) is 0 Å². The summed E-state index contributed by atoms with van der Waals surface area (Å²) in [6, 6.07) is 9.68. The van der Waals surface area contributed by atoms with E-state index < -0.39 is 0 Å². The van der Waals surface area contributed by atoms with Crippen molar-refractivity contribution in [3.05, 3.63) is 35.9 Å². The van der Waals surface area contributed by atoms with Crippen molar-refractivity contribution in [1.29, 1.82) is 0 Å². The highest BCUT2D eigenvalue weighted by molar-refractivity contribution is 5.84. The predicted octanol–water partition coefficient (Wildman–Crippen LogP) is 1.01. The topological polar surface area (TPSA) is 64.7 Å². The van der Waals surface area contributed by atoms with Gasteiger partial charge in [-0.15, -0.1) is 0 Å². The third kappa shape index (κ3) is 6.14. The van der Waals surface area contributed by atoms with Gasteiger partial charge in [0, 0.05) is 45.2 Å². The molecular formula is C19H30N4O2. The molecule has 0 spiro atoms. The van der Waals surface area contributed by atoms with Gasteiger partial charge >= 0.3 is 0 Å². The number of carbonyl (C=O) groups is 2. The van der Waals surface area contributed by atoms with E-state index in [1.807, 2.05) is 44.2 Å². The molecule has 1 saturated heterocycles. The molecule has 6 heteroatoms. The monoisotopic (exact) mass is 346 g/mol. The van der Waals surface area contributed by atoms with Crippen molar-refractivity contribution in [2.45, 2.75) is 32.4 Å². The number of likely N-dealkylation sites (N-methyl/N-ethyl adjacent to an activating group) is 1. The van der Waals surface area contributed by atoms with E-state index >= 15 is 0 Å². The first kappa shape index (κ1) is 19.4. The summed E-state index contributed by atoms with van der Waals surface area (Å²) in [5.74, 6) is -0.0701. The summed E-state index contributed by atoms with van der Waals surface area (Å²) in [5, 5.41) is 5.78. The maximum absolute atomic E-state index is 12.8. The number of benzene rings is 1. The van der Waals surface area contributed by atoms with Crippen LogP contribution in [0.1, 0.15) is 31.9 Å². The van der Waals surface area contributed by atoms with E-state index in [4.69, 9.17) is 0 Å². The normalized spacial score (nSPS) is 17.3. The van der Waals surface area contributed by atoms with Crippen molar-refractivity contribution in [2.24, 2.45) is 0 Å². The number of nitrogens with zero attached hydrogens (tertiary/aromatic N) is 2. The van der Waals surface area contributed by atoms with Crippen LogP contribution in [-0.4, -0.2) is 67.4 Å². The molecule has 1 heterocycles. The molecule has 1 unspecified atom stereocenters. The maximum atomic E-state index is 12.8. The average Bonchev–Trinajstić information content (AvgIpc) is 2.57. The van der Waals surface area contributed by atoms with Crippen LogP contribution in [0.5, 0.6) is 0 Å². The van der Waals surface area contributed by atoms with E-state index in [2.05, 4.69) is 27.5 Å². The molecule has 138 valence electrons. The molecule has 1 aliphatic heterocycles. The second kappa shape index (κ2) is 9.53. The van der Waals surface area contributed by atoms with Crippen LogP contribution in [-0.2, 0) is 9.59 Å². The lowest BCUT2D eigenvalue weighted by atomic mass is 10.0. The zero-order valence-electron chi connectivity index (χ0n) is 15.5. The molecule has 0 bridgehead atoms. The Balaban J connectivity index is 1.97. The molecule has 0 saturated carbocycles. The van der Waals surface area contributed by atoms with Crippen LogP contribution in [0.15, 0.2) is 30.3 Å². The van der Waals surface area contributed by atoms with E-state index in [0.717, 1.165) is 31.7 Å².